The molecule has 7 heteroatoms. The van der Waals surface area contributed by atoms with E-state index in [2.05, 4.69) is 19.7 Å². The van der Waals surface area contributed by atoms with Gasteiger partial charge in [-0.1, -0.05) is 0 Å². The molecule has 1 aromatic heterocycles. The highest BCUT2D eigenvalue weighted by atomic mass is 16.5. The summed E-state index contributed by atoms with van der Waals surface area (Å²) in [6.07, 6.45) is 4.94. The van der Waals surface area contributed by atoms with E-state index in [1.54, 1.807) is 0 Å². The van der Waals surface area contributed by atoms with Crippen molar-refractivity contribution in [3.63, 3.8) is 0 Å². The molecule has 0 bridgehead atoms. The molecule has 0 spiro atoms. The number of nitrogens with zero attached hydrogens (tertiary/aromatic N) is 5. The zero-order chi connectivity index (χ0) is 16.4. The second-order valence-corrected chi connectivity index (χ2v) is 7.16. The van der Waals surface area contributed by atoms with Crippen molar-refractivity contribution in [1.82, 2.24) is 14.9 Å². The summed E-state index contributed by atoms with van der Waals surface area (Å²) in [6, 6.07) is 1.98. The van der Waals surface area contributed by atoms with Gasteiger partial charge in [0.1, 0.15) is 5.82 Å². The number of ether oxygens (including phenoxy) is 1. The molecule has 0 unspecified atom stereocenters. The Kier molecular flexibility index (Phi) is 4.56. The van der Waals surface area contributed by atoms with E-state index in [9.17, 15) is 5.11 Å². The van der Waals surface area contributed by atoms with Crippen molar-refractivity contribution in [2.24, 2.45) is 0 Å². The lowest BCUT2D eigenvalue weighted by molar-refractivity contribution is -0.0594. The van der Waals surface area contributed by atoms with E-state index >= 15 is 0 Å². The van der Waals surface area contributed by atoms with E-state index < -0.39 is 5.60 Å². The van der Waals surface area contributed by atoms with Gasteiger partial charge in [-0.2, -0.15) is 4.98 Å². The number of rotatable bonds is 4. The lowest BCUT2D eigenvalue weighted by Gasteiger charge is -2.43. The maximum Gasteiger partial charge on any atom is 0.227 e. The molecule has 1 saturated carbocycles. The van der Waals surface area contributed by atoms with Gasteiger partial charge in [-0.05, 0) is 25.3 Å². The number of morpholine rings is 1. The minimum Gasteiger partial charge on any atom is -0.389 e. The van der Waals surface area contributed by atoms with Crippen LogP contribution in [-0.2, 0) is 4.74 Å². The van der Waals surface area contributed by atoms with Crippen molar-refractivity contribution in [2.75, 3.05) is 68.8 Å². The fraction of sp³-hybridized carbons (Fsp3) is 0.765. The number of hydrogen-bond acceptors (Lipinski definition) is 7. The molecule has 1 N–H and O–H groups in total. The smallest absolute Gasteiger partial charge is 0.227 e. The Hall–Kier alpha value is -1.44. The fourth-order valence-electron chi connectivity index (χ4n) is 3.73. The molecule has 2 saturated heterocycles. The highest BCUT2D eigenvalue weighted by molar-refractivity contribution is 5.44. The summed E-state index contributed by atoms with van der Waals surface area (Å²) in [5, 5.41) is 10.3. The summed E-state index contributed by atoms with van der Waals surface area (Å²) in [7, 11) is 0. The molecule has 7 nitrogen and oxygen atoms in total. The second kappa shape index (κ2) is 6.82. The fourth-order valence-corrected chi connectivity index (χ4v) is 3.73. The van der Waals surface area contributed by atoms with E-state index in [1.165, 1.54) is 6.42 Å². The van der Waals surface area contributed by atoms with Gasteiger partial charge < -0.3 is 19.6 Å². The molecular weight excluding hydrogens is 306 g/mol. The van der Waals surface area contributed by atoms with Crippen LogP contribution in [0.25, 0.3) is 0 Å². The number of anilines is 2. The third kappa shape index (κ3) is 3.48. The monoisotopic (exact) mass is 333 g/mol. The van der Waals surface area contributed by atoms with Crippen LogP contribution in [-0.4, -0.2) is 84.6 Å². The van der Waals surface area contributed by atoms with Crippen LogP contribution in [0.2, 0.25) is 0 Å². The number of hydrogen-bond donors (Lipinski definition) is 1. The molecule has 24 heavy (non-hydrogen) atoms. The van der Waals surface area contributed by atoms with Gasteiger partial charge in [0.05, 0.1) is 18.8 Å². The Morgan fingerprint density at radius 3 is 2.46 bits per heavy atom. The SMILES string of the molecule is OC1(CN2CCN(c3nccc(N4CCOCC4)n3)CC2)CCC1. The molecule has 4 rings (SSSR count). The normalized spacial score (nSPS) is 24.7. The highest BCUT2D eigenvalue weighted by Crippen LogP contribution is 2.32. The average molecular weight is 333 g/mol. The largest absolute Gasteiger partial charge is 0.389 e. The molecule has 3 aliphatic rings. The van der Waals surface area contributed by atoms with E-state index in [1.807, 2.05) is 12.3 Å². The lowest BCUT2D eigenvalue weighted by atomic mass is 9.80. The molecular formula is C17H27N5O2. The average Bonchev–Trinajstić information content (AvgIpc) is 2.62. The summed E-state index contributed by atoms with van der Waals surface area (Å²) in [6.45, 7) is 7.90. The van der Waals surface area contributed by atoms with Crippen LogP contribution >= 0.6 is 0 Å². The Labute approximate surface area is 143 Å². The molecule has 3 fully saturated rings. The molecule has 0 atom stereocenters. The number of β-amino-alcohol motifs (C(OH)–C–C–N with tert-alkyl or cyclic N) is 1. The van der Waals surface area contributed by atoms with Crippen LogP contribution in [0.3, 0.4) is 0 Å². The predicted octanol–water partition coefficient (Wildman–Crippen LogP) is 0.350. The minimum atomic E-state index is -0.422. The first-order valence-electron chi connectivity index (χ1n) is 9.07. The van der Waals surface area contributed by atoms with Crippen LogP contribution in [0.5, 0.6) is 0 Å². The lowest BCUT2D eigenvalue weighted by Crippen LogP contribution is -2.54. The number of aromatic nitrogens is 2. The van der Waals surface area contributed by atoms with E-state index in [-0.39, 0.29) is 0 Å². The zero-order valence-corrected chi connectivity index (χ0v) is 14.2. The first kappa shape index (κ1) is 16.1. The van der Waals surface area contributed by atoms with Crippen LogP contribution in [0, 0.1) is 0 Å². The van der Waals surface area contributed by atoms with E-state index in [4.69, 9.17) is 9.72 Å². The van der Waals surface area contributed by atoms with Crippen LogP contribution in [0.4, 0.5) is 11.8 Å². The summed E-state index contributed by atoms with van der Waals surface area (Å²) >= 11 is 0. The molecule has 2 aliphatic heterocycles. The van der Waals surface area contributed by atoms with Gasteiger partial charge in [0.25, 0.3) is 0 Å². The number of piperazine rings is 1. The molecule has 3 heterocycles. The number of aliphatic hydroxyl groups is 1. The van der Waals surface area contributed by atoms with Gasteiger partial charge in [0, 0.05) is 52.0 Å². The van der Waals surface area contributed by atoms with Crippen LogP contribution in [0.1, 0.15) is 19.3 Å². The molecule has 1 aliphatic carbocycles. The quantitative estimate of drug-likeness (QED) is 0.853. The molecule has 0 amide bonds. The minimum absolute atomic E-state index is 0.422. The maximum absolute atomic E-state index is 10.3. The summed E-state index contributed by atoms with van der Waals surface area (Å²) < 4.78 is 5.41. The summed E-state index contributed by atoms with van der Waals surface area (Å²) in [5.41, 5.74) is -0.422. The third-order valence-corrected chi connectivity index (χ3v) is 5.42. The van der Waals surface area contributed by atoms with Crippen molar-refractivity contribution < 1.29 is 9.84 Å². The molecule has 1 aromatic rings. The summed E-state index contributed by atoms with van der Waals surface area (Å²) in [4.78, 5) is 16.1. The van der Waals surface area contributed by atoms with Crippen molar-refractivity contribution in [3.05, 3.63) is 12.3 Å². The van der Waals surface area contributed by atoms with Gasteiger partial charge in [-0.3, -0.25) is 4.90 Å². The van der Waals surface area contributed by atoms with Gasteiger partial charge in [0.15, 0.2) is 0 Å². The second-order valence-electron chi connectivity index (χ2n) is 7.16. The topological polar surface area (TPSA) is 65.0 Å². The van der Waals surface area contributed by atoms with Crippen LogP contribution in [0.15, 0.2) is 12.3 Å². The van der Waals surface area contributed by atoms with Gasteiger partial charge in [0.2, 0.25) is 5.95 Å². The molecule has 0 radical (unpaired) electrons. The zero-order valence-electron chi connectivity index (χ0n) is 14.2. The molecule has 132 valence electrons. The van der Waals surface area contributed by atoms with Crippen molar-refractivity contribution in [3.8, 4) is 0 Å². The van der Waals surface area contributed by atoms with Gasteiger partial charge >= 0.3 is 0 Å². The third-order valence-electron chi connectivity index (χ3n) is 5.42. The maximum atomic E-state index is 10.3. The van der Waals surface area contributed by atoms with Gasteiger partial charge in [-0.15, -0.1) is 0 Å². The molecule has 0 aromatic carbocycles. The highest BCUT2D eigenvalue weighted by Gasteiger charge is 2.36. The van der Waals surface area contributed by atoms with Gasteiger partial charge in [-0.25, -0.2) is 4.98 Å². The van der Waals surface area contributed by atoms with E-state index in [0.29, 0.717) is 0 Å². The van der Waals surface area contributed by atoms with Crippen molar-refractivity contribution in [1.29, 1.82) is 0 Å². The standard InChI is InChI=1S/C17H27N5O2/c23-17(3-1-4-17)14-20-6-8-22(9-7-20)16-18-5-2-15(19-16)21-10-12-24-13-11-21/h2,5,23H,1,3-4,6-14H2. The Bertz CT molecular complexity index is 552. The van der Waals surface area contributed by atoms with Crippen molar-refractivity contribution >= 4 is 11.8 Å². The first-order chi connectivity index (χ1) is 11.7. The summed E-state index contributed by atoms with van der Waals surface area (Å²) in [5.74, 6) is 1.82. The Balaban J connectivity index is 1.35. The first-order valence-corrected chi connectivity index (χ1v) is 9.07. The predicted molar refractivity (Wildman–Crippen MR) is 92.5 cm³/mol. The Morgan fingerprint density at radius 1 is 1.04 bits per heavy atom. The van der Waals surface area contributed by atoms with Crippen molar-refractivity contribution in [2.45, 2.75) is 24.9 Å². The van der Waals surface area contributed by atoms with E-state index in [0.717, 1.165) is 83.6 Å². The van der Waals surface area contributed by atoms with Crippen LogP contribution < -0.4 is 9.80 Å². The Morgan fingerprint density at radius 2 is 1.79 bits per heavy atom.